The fourth-order valence-electron chi connectivity index (χ4n) is 2.38. The zero-order valence-corrected chi connectivity index (χ0v) is 15.5. The van der Waals surface area contributed by atoms with Gasteiger partial charge in [-0.15, -0.1) is 0 Å². The van der Waals surface area contributed by atoms with Gasteiger partial charge in [0.05, 0.1) is 5.69 Å². The van der Waals surface area contributed by atoms with Crippen molar-refractivity contribution < 1.29 is 22.7 Å². The van der Waals surface area contributed by atoms with E-state index in [4.69, 9.17) is 4.74 Å². The summed E-state index contributed by atoms with van der Waals surface area (Å²) in [5, 5.41) is 5.33. The molecule has 4 nitrogen and oxygen atoms in total. The lowest BCUT2D eigenvalue weighted by atomic mass is 9.98. The zero-order valence-electron chi connectivity index (χ0n) is 15.5. The Morgan fingerprint density at radius 3 is 2.37 bits per heavy atom. The molecule has 0 aliphatic carbocycles. The highest BCUT2D eigenvalue weighted by molar-refractivity contribution is 5.77. The molecule has 0 aromatic heterocycles. The molecule has 0 aliphatic heterocycles. The first-order valence-corrected chi connectivity index (χ1v) is 8.58. The number of anilines is 1. The Bertz CT molecular complexity index is 777. The van der Waals surface area contributed by atoms with Gasteiger partial charge in [0.15, 0.2) is 6.61 Å². The summed E-state index contributed by atoms with van der Waals surface area (Å²) in [6.45, 7) is 2.79. The predicted molar refractivity (Wildman–Crippen MR) is 98.5 cm³/mol. The molecular weight excluding hydrogens is 357 g/mol. The van der Waals surface area contributed by atoms with Crippen molar-refractivity contribution in [2.24, 2.45) is 5.92 Å². The SMILES string of the molecule is CNc1ccc(CNC(=O)COc2ccc(C(F)(F)C(C)C)cc2)cc1F. The molecule has 0 aliphatic rings. The molecule has 1 amide bonds. The first-order chi connectivity index (χ1) is 12.7. The van der Waals surface area contributed by atoms with Crippen LogP contribution in [0.5, 0.6) is 5.75 Å². The number of hydrogen-bond donors (Lipinski definition) is 2. The predicted octanol–water partition coefficient (Wildman–Crippen LogP) is 4.31. The summed E-state index contributed by atoms with van der Waals surface area (Å²) >= 11 is 0. The van der Waals surface area contributed by atoms with Gasteiger partial charge in [0.1, 0.15) is 11.6 Å². The minimum atomic E-state index is -2.92. The lowest BCUT2D eigenvalue weighted by Crippen LogP contribution is -2.28. The van der Waals surface area contributed by atoms with Gasteiger partial charge in [-0.25, -0.2) is 13.2 Å². The Kier molecular flexibility index (Phi) is 6.71. The number of nitrogens with one attached hydrogen (secondary N) is 2. The Morgan fingerprint density at radius 1 is 1.15 bits per heavy atom. The molecule has 146 valence electrons. The molecule has 0 bridgehead atoms. The summed E-state index contributed by atoms with van der Waals surface area (Å²) in [6, 6.07) is 10.0. The average Bonchev–Trinajstić information content (AvgIpc) is 2.65. The van der Waals surface area contributed by atoms with E-state index in [1.807, 2.05) is 0 Å². The van der Waals surface area contributed by atoms with Crippen LogP contribution in [0, 0.1) is 11.7 Å². The highest BCUT2D eigenvalue weighted by atomic mass is 19.3. The van der Waals surface area contributed by atoms with Crippen molar-refractivity contribution in [3.63, 3.8) is 0 Å². The third-order valence-corrected chi connectivity index (χ3v) is 4.13. The van der Waals surface area contributed by atoms with Gasteiger partial charge in [-0.05, 0) is 42.0 Å². The Hall–Kier alpha value is -2.70. The monoisotopic (exact) mass is 380 g/mol. The van der Waals surface area contributed by atoms with Crippen LogP contribution in [0.4, 0.5) is 18.9 Å². The van der Waals surface area contributed by atoms with Crippen molar-refractivity contribution in [2.45, 2.75) is 26.3 Å². The van der Waals surface area contributed by atoms with Gasteiger partial charge < -0.3 is 15.4 Å². The van der Waals surface area contributed by atoms with E-state index < -0.39 is 23.6 Å². The number of ether oxygens (including phenoxy) is 1. The van der Waals surface area contributed by atoms with Crippen LogP contribution in [-0.2, 0) is 17.3 Å². The lowest BCUT2D eigenvalue weighted by Gasteiger charge is -2.20. The van der Waals surface area contributed by atoms with E-state index in [9.17, 15) is 18.0 Å². The maximum atomic E-state index is 13.9. The second kappa shape index (κ2) is 8.79. The van der Waals surface area contributed by atoms with Crippen molar-refractivity contribution in [3.8, 4) is 5.75 Å². The highest BCUT2D eigenvalue weighted by Gasteiger charge is 2.35. The first kappa shape index (κ1) is 20.6. The number of carbonyl (C=O) groups is 1. The number of alkyl halides is 2. The van der Waals surface area contributed by atoms with Crippen molar-refractivity contribution in [3.05, 3.63) is 59.4 Å². The summed E-state index contributed by atoms with van der Waals surface area (Å²) < 4.78 is 46.8. The molecule has 0 spiro atoms. The van der Waals surface area contributed by atoms with Crippen molar-refractivity contribution >= 4 is 11.6 Å². The molecule has 0 saturated heterocycles. The van der Waals surface area contributed by atoms with E-state index >= 15 is 0 Å². The maximum absolute atomic E-state index is 13.9. The standard InChI is InChI=1S/C20H23F3N2O2/c1-13(2)20(22,23)15-5-7-16(8-6-15)27-12-19(26)25-11-14-4-9-18(24-3)17(21)10-14/h4-10,13,24H,11-12H2,1-3H3,(H,25,26). The minimum Gasteiger partial charge on any atom is -0.484 e. The van der Waals surface area contributed by atoms with Crippen LogP contribution in [0.2, 0.25) is 0 Å². The molecule has 2 aromatic carbocycles. The van der Waals surface area contributed by atoms with Crippen molar-refractivity contribution in [1.82, 2.24) is 5.32 Å². The minimum absolute atomic E-state index is 0.0960. The van der Waals surface area contributed by atoms with Gasteiger partial charge in [0, 0.05) is 25.1 Å². The number of halogens is 3. The van der Waals surface area contributed by atoms with Gasteiger partial charge in [-0.2, -0.15) is 0 Å². The van der Waals surface area contributed by atoms with Gasteiger partial charge in [0.25, 0.3) is 11.8 Å². The molecule has 2 rings (SSSR count). The molecule has 2 aromatic rings. The van der Waals surface area contributed by atoms with Crippen LogP contribution in [-0.4, -0.2) is 19.6 Å². The number of amides is 1. The first-order valence-electron chi connectivity index (χ1n) is 8.58. The van der Waals surface area contributed by atoms with Gasteiger partial charge in [-0.1, -0.05) is 19.9 Å². The van der Waals surface area contributed by atoms with E-state index in [-0.39, 0.29) is 18.7 Å². The summed E-state index contributed by atoms with van der Waals surface area (Å²) in [5.41, 5.74) is 0.890. The molecule has 0 atom stereocenters. The number of carbonyl (C=O) groups excluding carboxylic acids is 1. The van der Waals surface area contributed by atoms with Crippen LogP contribution in [0.25, 0.3) is 0 Å². The summed E-state index contributed by atoms with van der Waals surface area (Å²) in [5.74, 6) is -4.22. The molecule has 2 N–H and O–H groups in total. The van der Waals surface area contributed by atoms with E-state index in [2.05, 4.69) is 10.6 Å². The summed E-state index contributed by atoms with van der Waals surface area (Å²) in [4.78, 5) is 11.9. The van der Waals surface area contributed by atoms with E-state index in [1.54, 1.807) is 19.2 Å². The molecule has 0 fully saturated rings. The molecule has 0 unspecified atom stereocenters. The van der Waals surface area contributed by atoms with Crippen LogP contribution < -0.4 is 15.4 Å². The van der Waals surface area contributed by atoms with Crippen LogP contribution >= 0.6 is 0 Å². The smallest absolute Gasteiger partial charge is 0.275 e. The van der Waals surface area contributed by atoms with Gasteiger partial charge >= 0.3 is 0 Å². The molecule has 0 radical (unpaired) electrons. The van der Waals surface area contributed by atoms with Crippen LogP contribution in [0.1, 0.15) is 25.0 Å². The molecule has 27 heavy (non-hydrogen) atoms. The third kappa shape index (κ3) is 5.39. The number of hydrogen-bond acceptors (Lipinski definition) is 3. The molecular formula is C20H23F3N2O2. The Morgan fingerprint density at radius 2 is 1.81 bits per heavy atom. The fourth-order valence-corrected chi connectivity index (χ4v) is 2.38. The normalized spacial score (nSPS) is 11.4. The van der Waals surface area contributed by atoms with Crippen LogP contribution in [0.15, 0.2) is 42.5 Å². The third-order valence-electron chi connectivity index (χ3n) is 4.13. The van der Waals surface area contributed by atoms with Crippen molar-refractivity contribution in [2.75, 3.05) is 19.0 Å². The topological polar surface area (TPSA) is 50.4 Å². The quantitative estimate of drug-likeness (QED) is 0.718. The van der Waals surface area contributed by atoms with E-state index in [1.165, 1.54) is 44.2 Å². The maximum Gasteiger partial charge on any atom is 0.275 e. The molecule has 7 heteroatoms. The van der Waals surface area contributed by atoms with Gasteiger partial charge in [-0.3, -0.25) is 4.79 Å². The largest absolute Gasteiger partial charge is 0.484 e. The molecule has 0 heterocycles. The van der Waals surface area contributed by atoms with E-state index in [0.717, 1.165) is 0 Å². The zero-order chi connectivity index (χ0) is 20.0. The Balaban J connectivity index is 1.84. The van der Waals surface area contributed by atoms with Crippen LogP contribution in [0.3, 0.4) is 0 Å². The summed E-state index contributed by atoms with van der Waals surface area (Å²) in [6.07, 6.45) is 0. The van der Waals surface area contributed by atoms with Gasteiger partial charge in [0.2, 0.25) is 0 Å². The molecule has 0 saturated carbocycles. The fraction of sp³-hybridized carbons (Fsp3) is 0.350. The number of benzene rings is 2. The second-order valence-corrected chi connectivity index (χ2v) is 6.43. The Labute approximate surface area is 156 Å². The van der Waals surface area contributed by atoms with E-state index in [0.29, 0.717) is 17.0 Å². The summed E-state index contributed by atoms with van der Waals surface area (Å²) in [7, 11) is 1.62. The lowest BCUT2D eigenvalue weighted by molar-refractivity contribution is -0.123. The average molecular weight is 380 g/mol. The van der Waals surface area contributed by atoms with Crippen molar-refractivity contribution in [1.29, 1.82) is 0 Å². The number of rotatable bonds is 8. The second-order valence-electron chi connectivity index (χ2n) is 6.43. The highest BCUT2D eigenvalue weighted by Crippen LogP contribution is 2.36.